The zero-order valence-electron chi connectivity index (χ0n) is 17.6. The predicted octanol–water partition coefficient (Wildman–Crippen LogP) is 1.65. The molecule has 2 saturated heterocycles. The molecule has 0 aliphatic carbocycles. The average molecular weight is 404 g/mol. The fourth-order valence-electron chi connectivity index (χ4n) is 3.93. The number of hydrogen-bond donors (Lipinski definition) is 1. The second-order valence-corrected chi connectivity index (χ2v) is 7.83. The van der Waals surface area contributed by atoms with Crippen molar-refractivity contribution in [1.82, 2.24) is 20.0 Å². The molecule has 0 aromatic carbocycles. The van der Waals surface area contributed by atoms with E-state index >= 15 is 0 Å². The highest BCUT2D eigenvalue weighted by atomic mass is 16.3. The molecule has 0 bridgehead atoms. The van der Waals surface area contributed by atoms with Crippen molar-refractivity contribution in [1.29, 1.82) is 0 Å². The van der Waals surface area contributed by atoms with Gasteiger partial charge < -0.3 is 24.4 Å². The number of guanidine groups is 1. The van der Waals surface area contributed by atoms with Crippen LogP contribution in [0.2, 0.25) is 0 Å². The van der Waals surface area contributed by atoms with Crippen LogP contribution in [0.3, 0.4) is 0 Å². The number of nitrogens with one attached hydrogen (secondary N) is 1. The molecule has 2 amide bonds. The number of carbonyl (C=O) groups excluding carboxylic acids is 2. The Balaban J connectivity index is 1.49. The van der Waals surface area contributed by atoms with Gasteiger partial charge in [-0.05, 0) is 37.8 Å². The molecule has 1 N–H and O–H groups in total. The molecule has 2 aliphatic heterocycles. The van der Waals surface area contributed by atoms with E-state index in [9.17, 15) is 9.59 Å². The Hall–Kier alpha value is -2.51. The van der Waals surface area contributed by atoms with Gasteiger partial charge in [0.05, 0.1) is 12.8 Å². The van der Waals surface area contributed by atoms with E-state index in [1.54, 1.807) is 17.0 Å². The third-order valence-electron chi connectivity index (χ3n) is 5.53. The number of likely N-dealkylation sites (tertiary alicyclic amines) is 1. The van der Waals surface area contributed by atoms with Gasteiger partial charge in [0.2, 0.25) is 5.91 Å². The molecule has 3 rings (SSSR count). The van der Waals surface area contributed by atoms with Gasteiger partial charge >= 0.3 is 0 Å². The van der Waals surface area contributed by atoms with Crippen molar-refractivity contribution in [2.75, 3.05) is 52.4 Å². The number of furan rings is 1. The van der Waals surface area contributed by atoms with E-state index in [0.29, 0.717) is 50.8 Å². The number of carbonyl (C=O) groups is 2. The van der Waals surface area contributed by atoms with Gasteiger partial charge in [0.15, 0.2) is 11.7 Å². The minimum atomic E-state index is -0.0713. The SMILES string of the molecule is CCNC(=NCCC(=O)N1CCCC(C)C1)N1CCN(C(=O)c2ccco2)CC1. The molecule has 0 saturated carbocycles. The zero-order valence-corrected chi connectivity index (χ0v) is 17.6. The molecule has 1 atom stereocenters. The van der Waals surface area contributed by atoms with E-state index in [1.807, 2.05) is 11.8 Å². The van der Waals surface area contributed by atoms with Crippen LogP contribution in [0.1, 0.15) is 43.7 Å². The summed E-state index contributed by atoms with van der Waals surface area (Å²) in [5, 5.41) is 3.31. The van der Waals surface area contributed by atoms with Crippen molar-refractivity contribution in [3.8, 4) is 0 Å². The number of aliphatic imine (C=N–C) groups is 1. The molecule has 3 heterocycles. The van der Waals surface area contributed by atoms with E-state index in [-0.39, 0.29) is 11.8 Å². The van der Waals surface area contributed by atoms with Gasteiger partial charge in [-0.25, -0.2) is 0 Å². The lowest BCUT2D eigenvalue weighted by molar-refractivity contribution is -0.132. The number of rotatable bonds is 5. The standard InChI is InChI=1S/C21H33N5O3/c1-3-22-21(23-9-8-19(27)26-10-4-6-17(2)16-26)25-13-11-24(12-14-25)20(28)18-7-5-15-29-18/h5,7,15,17H,3-4,6,8-14,16H2,1-2H3,(H,22,23). The first kappa shape index (κ1) is 21.2. The van der Waals surface area contributed by atoms with Gasteiger partial charge in [0.1, 0.15) is 0 Å². The highest BCUT2D eigenvalue weighted by Gasteiger charge is 2.25. The molecule has 0 radical (unpaired) electrons. The second kappa shape index (κ2) is 10.3. The molecule has 0 spiro atoms. The van der Waals surface area contributed by atoms with Gasteiger partial charge in [0.25, 0.3) is 5.91 Å². The summed E-state index contributed by atoms with van der Waals surface area (Å²) in [6.07, 6.45) is 4.27. The summed E-state index contributed by atoms with van der Waals surface area (Å²) in [5.41, 5.74) is 0. The number of amides is 2. The van der Waals surface area contributed by atoms with Crippen molar-refractivity contribution < 1.29 is 14.0 Å². The summed E-state index contributed by atoms with van der Waals surface area (Å²) in [6, 6.07) is 3.42. The van der Waals surface area contributed by atoms with Gasteiger partial charge in [-0.1, -0.05) is 6.92 Å². The topological polar surface area (TPSA) is 81.4 Å². The maximum absolute atomic E-state index is 12.5. The van der Waals surface area contributed by atoms with Crippen molar-refractivity contribution in [3.63, 3.8) is 0 Å². The molecule has 2 fully saturated rings. The number of nitrogens with zero attached hydrogens (tertiary/aromatic N) is 4. The van der Waals surface area contributed by atoms with E-state index in [2.05, 4.69) is 22.1 Å². The highest BCUT2D eigenvalue weighted by Crippen LogP contribution is 2.16. The van der Waals surface area contributed by atoms with E-state index in [1.165, 1.54) is 12.7 Å². The molecular weight excluding hydrogens is 370 g/mol. The first-order valence-corrected chi connectivity index (χ1v) is 10.7. The smallest absolute Gasteiger partial charge is 0.289 e. The summed E-state index contributed by atoms with van der Waals surface area (Å²) in [6.45, 7) is 9.88. The monoisotopic (exact) mass is 403 g/mol. The quantitative estimate of drug-likeness (QED) is 0.597. The summed E-state index contributed by atoms with van der Waals surface area (Å²) in [7, 11) is 0. The lowest BCUT2D eigenvalue weighted by atomic mass is 10.00. The first-order chi connectivity index (χ1) is 14.1. The molecule has 1 unspecified atom stereocenters. The Kier molecular flexibility index (Phi) is 7.55. The summed E-state index contributed by atoms with van der Waals surface area (Å²) >= 11 is 0. The van der Waals surface area contributed by atoms with E-state index in [0.717, 1.165) is 32.0 Å². The molecule has 8 heteroatoms. The molecule has 1 aromatic rings. The van der Waals surface area contributed by atoms with Crippen molar-refractivity contribution >= 4 is 17.8 Å². The van der Waals surface area contributed by atoms with Crippen LogP contribution >= 0.6 is 0 Å². The second-order valence-electron chi connectivity index (χ2n) is 7.83. The first-order valence-electron chi connectivity index (χ1n) is 10.7. The van der Waals surface area contributed by atoms with Crippen LogP contribution in [-0.4, -0.2) is 84.8 Å². The third-order valence-corrected chi connectivity index (χ3v) is 5.53. The molecule has 29 heavy (non-hydrogen) atoms. The fraction of sp³-hybridized carbons (Fsp3) is 0.667. The van der Waals surface area contributed by atoms with Crippen LogP contribution in [0, 0.1) is 5.92 Å². The minimum absolute atomic E-state index is 0.0713. The predicted molar refractivity (Wildman–Crippen MR) is 112 cm³/mol. The lowest BCUT2D eigenvalue weighted by Gasteiger charge is -2.36. The van der Waals surface area contributed by atoms with Crippen LogP contribution in [0.5, 0.6) is 0 Å². The Bertz CT molecular complexity index is 695. The normalized spacial score (nSPS) is 20.7. The molecular formula is C21H33N5O3. The van der Waals surface area contributed by atoms with Gasteiger partial charge in [-0.2, -0.15) is 0 Å². The fourth-order valence-corrected chi connectivity index (χ4v) is 3.93. The van der Waals surface area contributed by atoms with Crippen LogP contribution in [-0.2, 0) is 4.79 Å². The Morgan fingerprint density at radius 3 is 2.59 bits per heavy atom. The highest BCUT2D eigenvalue weighted by molar-refractivity contribution is 5.91. The molecule has 8 nitrogen and oxygen atoms in total. The third kappa shape index (κ3) is 5.74. The summed E-state index contributed by atoms with van der Waals surface area (Å²) < 4.78 is 5.22. The number of hydrogen-bond acceptors (Lipinski definition) is 4. The van der Waals surface area contributed by atoms with Gasteiger partial charge in [-0.3, -0.25) is 14.6 Å². The summed E-state index contributed by atoms with van der Waals surface area (Å²) in [4.78, 5) is 35.5. The van der Waals surface area contributed by atoms with Gasteiger partial charge in [0, 0.05) is 52.2 Å². The zero-order chi connectivity index (χ0) is 20.6. The number of piperazine rings is 1. The molecule has 160 valence electrons. The van der Waals surface area contributed by atoms with Crippen LogP contribution in [0.15, 0.2) is 27.8 Å². The Labute approximate surface area is 172 Å². The Morgan fingerprint density at radius 2 is 1.93 bits per heavy atom. The van der Waals surface area contributed by atoms with Crippen LogP contribution < -0.4 is 5.32 Å². The minimum Gasteiger partial charge on any atom is -0.459 e. The van der Waals surface area contributed by atoms with Crippen LogP contribution in [0.25, 0.3) is 0 Å². The van der Waals surface area contributed by atoms with Gasteiger partial charge in [-0.15, -0.1) is 0 Å². The summed E-state index contributed by atoms with van der Waals surface area (Å²) in [5.74, 6) is 1.92. The Morgan fingerprint density at radius 1 is 1.17 bits per heavy atom. The largest absolute Gasteiger partial charge is 0.459 e. The average Bonchev–Trinajstić information content (AvgIpc) is 3.27. The molecule has 1 aromatic heterocycles. The van der Waals surface area contributed by atoms with E-state index < -0.39 is 0 Å². The maximum atomic E-state index is 12.5. The van der Waals surface area contributed by atoms with Crippen molar-refractivity contribution in [2.24, 2.45) is 10.9 Å². The number of piperidine rings is 1. The van der Waals surface area contributed by atoms with E-state index in [4.69, 9.17) is 4.42 Å². The molecule has 2 aliphatic rings. The lowest BCUT2D eigenvalue weighted by Crippen LogP contribution is -2.53. The van der Waals surface area contributed by atoms with Crippen LogP contribution in [0.4, 0.5) is 0 Å². The maximum Gasteiger partial charge on any atom is 0.289 e. The van der Waals surface area contributed by atoms with Crippen molar-refractivity contribution in [3.05, 3.63) is 24.2 Å². The van der Waals surface area contributed by atoms with Crippen molar-refractivity contribution in [2.45, 2.75) is 33.1 Å².